The van der Waals surface area contributed by atoms with Crippen molar-refractivity contribution in [2.24, 2.45) is 0 Å². The van der Waals surface area contributed by atoms with Gasteiger partial charge in [-0.15, -0.1) is 13.2 Å². The minimum atomic E-state index is -4.92. The van der Waals surface area contributed by atoms with Crippen LogP contribution in [0, 0.1) is 6.92 Å². The summed E-state index contributed by atoms with van der Waals surface area (Å²) >= 11 is 0. The zero-order valence-corrected chi connectivity index (χ0v) is 9.54. The van der Waals surface area contributed by atoms with Crippen LogP contribution in [0.3, 0.4) is 0 Å². The number of hydrogen-bond donors (Lipinski definition) is 1. The monoisotopic (exact) mass is 265 g/mol. The summed E-state index contributed by atoms with van der Waals surface area (Å²) in [6, 6.07) is 0.966. The molecule has 0 aliphatic rings. The maximum atomic E-state index is 12.2. The van der Waals surface area contributed by atoms with Gasteiger partial charge in [-0.3, -0.25) is 4.79 Å². The van der Waals surface area contributed by atoms with Gasteiger partial charge in [0.2, 0.25) is 0 Å². The van der Waals surface area contributed by atoms with Crippen LogP contribution in [0.1, 0.15) is 11.4 Å². The number of pyridine rings is 1. The van der Waals surface area contributed by atoms with Gasteiger partial charge in [0.25, 0.3) is 0 Å². The smallest absolute Gasteiger partial charge is 0.495 e. The SMILES string of the molecule is COc1cc(OC(F)(F)F)c(CC(=O)O)nc1C. The average Bonchev–Trinajstić information content (AvgIpc) is 2.19. The number of aliphatic carboxylic acids is 1. The molecule has 0 bridgehead atoms. The second-order valence-electron chi connectivity index (χ2n) is 3.34. The third kappa shape index (κ3) is 3.79. The summed E-state index contributed by atoms with van der Waals surface area (Å²) in [5.74, 6) is -1.89. The van der Waals surface area contributed by atoms with Crippen molar-refractivity contribution in [2.45, 2.75) is 19.7 Å². The Bertz CT molecular complexity index is 459. The molecule has 0 aliphatic heterocycles. The van der Waals surface area contributed by atoms with Crippen molar-refractivity contribution in [3.05, 3.63) is 17.5 Å². The molecule has 0 aromatic carbocycles. The topological polar surface area (TPSA) is 68.7 Å². The van der Waals surface area contributed by atoms with Crippen LogP contribution in [0.15, 0.2) is 6.07 Å². The molecule has 0 spiro atoms. The summed E-state index contributed by atoms with van der Waals surface area (Å²) in [7, 11) is 1.26. The molecule has 0 unspecified atom stereocenters. The Labute approximate surface area is 100 Å². The lowest BCUT2D eigenvalue weighted by Crippen LogP contribution is -2.19. The summed E-state index contributed by atoms with van der Waals surface area (Å²) in [4.78, 5) is 14.3. The molecule has 1 aromatic heterocycles. The van der Waals surface area contributed by atoms with E-state index >= 15 is 0 Å². The highest BCUT2D eigenvalue weighted by Gasteiger charge is 2.33. The number of ether oxygens (including phenoxy) is 2. The van der Waals surface area contributed by atoms with Crippen molar-refractivity contribution in [3.8, 4) is 11.5 Å². The maximum Gasteiger partial charge on any atom is 0.573 e. The number of rotatable bonds is 4. The van der Waals surface area contributed by atoms with E-state index in [1.165, 1.54) is 14.0 Å². The number of hydrogen-bond acceptors (Lipinski definition) is 4. The molecule has 1 N–H and O–H groups in total. The summed E-state index contributed by atoms with van der Waals surface area (Å²) in [5, 5.41) is 8.60. The number of methoxy groups -OCH3 is 1. The Balaban J connectivity index is 3.21. The van der Waals surface area contributed by atoms with Gasteiger partial charge < -0.3 is 14.6 Å². The Morgan fingerprint density at radius 3 is 2.50 bits per heavy atom. The van der Waals surface area contributed by atoms with E-state index in [0.717, 1.165) is 6.07 Å². The Hall–Kier alpha value is -1.99. The van der Waals surface area contributed by atoms with Gasteiger partial charge in [0.15, 0.2) is 5.75 Å². The van der Waals surface area contributed by atoms with E-state index < -0.39 is 24.5 Å². The van der Waals surface area contributed by atoms with Crippen LogP contribution in [0.25, 0.3) is 0 Å². The first-order valence-electron chi connectivity index (χ1n) is 4.75. The number of carboxylic acids is 1. The van der Waals surface area contributed by atoms with Crippen LogP contribution in [0.2, 0.25) is 0 Å². The van der Waals surface area contributed by atoms with Crippen molar-refractivity contribution in [3.63, 3.8) is 0 Å². The van der Waals surface area contributed by atoms with Gasteiger partial charge in [0.1, 0.15) is 5.75 Å². The third-order valence-electron chi connectivity index (χ3n) is 1.97. The first kappa shape index (κ1) is 14.1. The van der Waals surface area contributed by atoms with Crippen molar-refractivity contribution in [2.75, 3.05) is 7.11 Å². The van der Waals surface area contributed by atoms with E-state index in [2.05, 4.69) is 9.72 Å². The molecule has 0 atom stereocenters. The van der Waals surface area contributed by atoms with Crippen LogP contribution < -0.4 is 9.47 Å². The molecule has 1 rings (SSSR count). The summed E-state index contributed by atoms with van der Waals surface area (Å²) in [6.45, 7) is 1.49. The number of aromatic nitrogens is 1. The lowest BCUT2D eigenvalue weighted by molar-refractivity contribution is -0.275. The van der Waals surface area contributed by atoms with E-state index in [1.807, 2.05) is 0 Å². The molecule has 1 aromatic rings. The highest BCUT2D eigenvalue weighted by molar-refractivity contribution is 5.70. The average molecular weight is 265 g/mol. The second-order valence-corrected chi connectivity index (χ2v) is 3.34. The third-order valence-corrected chi connectivity index (χ3v) is 1.97. The number of carbonyl (C=O) groups is 1. The number of aryl methyl sites for hydroxylation is 1. The Morgan fingerprint density at radius 2 is 2.06 bits per heavy atom. The van der Waals surface area contributed by atoms with Crippen molar-refractivity contribution >= 4 is 5.97 Å². The van der Waals surface area contributed by atoms with E-state index in [1.54, 1.807) is 0 Å². The van der Waals surface area contributed by atoms with Gasteiger partial charge in [-0.1, -0.05) is 0 Å². The molecule has 18 heavy (non-hydrogen) atoms. The lowest BCUT2D eigenvalue weighted by atomic mass is 10.2. The normalized spacial score (nSPS) is 11.2. The van der Waals surface area contributed by atoms with E-state index in [-0.39, 0.29) is 17.1 Å². The Kier molecular flexibility index (Phi) is 4.00. The number of nitrogens with zero attached hydrogens (tertiary/aromatic N) is 1. The van der Waals surface area contributed by atoms with Crippen LogP contribution in [0.4, 0.5) is 13.2 Å². The standard InChI is InChI=1S/C10H10F3NO4/c1-5-7(17-2)4-8(18-10(11,12)13)6(14-5)3-9(15)16/h4H,3H2,1-2H3,(H,15,16). The summed E-state index contributed by atoms with van der Waals surface area (Å²) < 4.78 is 45.0. The molecule has 0 fully saturated rings. The minimum absolute atomic E-state index is 0.0865. The van der Waals surface area contributed by atoms with Gasteiger partial charge in [0, 0.05) is 6.07 Å². The summed E-state index contributed by atoms with van der Waals surface area (Å²) in [5.41, 5.74) is -0.0265. The van der Waals surface area contributed by atoms with Gasteiger partial charge in [0.05, 0.1) is 24.9 Å². The molecule has 0 aliphatic carbocycles. The highest BCUT2D eigenvalue weighted by atomic mass is 19.4. The fourth-order valence-electron chi connectivity index (χ4n) is 1.31. The van der Waals surface area contributed by atoms with Crippen molar-refractivity contribution < 1.29 is 32.5 Å². The molecule has 0 radical (unpaired) electrons. The quantitative estimate of drug-likeness (QED) is 0.900. The van der Waals surface area contributed by atoms with E-state index in [4.69, 9.17) is 9.84 Å². The second kappa shape index (κ2) is 5.11. The first-order valence-corrected chi connectivity index (χ1v) is 4.75. The van der Waals surface area contributed by atoms with Crippen LogP contribution in [-0.4, -0.2) is 29.5 Å². The zero-order chi connectivity index (χ0) is 13.9. The fraction of sp³-hybridized carbons (Fsp3) is 0.400. The van der Waals surface area contributed by atoms with Crippen molar-refractivity contribution in [1.82, 2.24) is 4.98 Å². The highest BCUT2D eigenvalue weighted by Crippen LogP contribution is 2.30. The molecule has 100 valence electrons. The van der Waals surface area contributed by atoms with E-state index in [9.17, 15) is 18.0 Å². The molecule has 8 heteroatoms. The molecule has 0 saturated carbocycles. The summed E-state index contributed by atoms with van der Waals surface area (Å²) in [6.07, 6.45) is -5.59. The lowest BCUT2D eigenvalue weighted by Gasteiger charge is -2.14. The molecular weight excluding hydrogens is 255 g/mol. The Morgan fingerprint density at radius 1 is 1.44 bits per heavy atom. The number of alkyl halides is 3. The predicted molar refractivity (Wildman–Crippen MR) is 53.5 cm³/mol. The minimum Gasteiger partial charge on any atom is -0.495 e. The first-order chi connectivity index (χ1) is 8.23. The van der Waals surface area contributed by atoms with Crippen LogP contribution in [-0.2, 0) is 11.2 Å². The fourth-order valence-corrected chi connectivity index (χ4v) is 1.31. The largest absolute Gasteiger partial charge is 0.573 e. The van der Waals surface area contributed by atoms with Gasteiger partial charge in [-0.25, -0.2) is 4.98 Å². The van der Waals surface area contributed by atoms with Crippen LogP contribution >= 0.6 is 0 Å². The van der Waals surface area contributed by atoms with Crippen molar-refractivity contribution in [1.29, 1.82) is 0 Å². The van der Waals surface area contributed by atoms with Gasteiger partial charge >= 0.3 is 12.3 Å². The predicted octanol–water partition coefficient (Wildman–Crippen LogP) is 1.92. The van der Waals surface area contributed by atoms with E-state index in [0.29, 0.717) is 0 Å². The van der Waals surface area contributed by atoms with Gasteiger partial charge in [-0.2, -0.15) is 0 Å². The molecule has 0 amide bonds. The number of halogens is 3. The van der Waals surface area contributed by atoms with Gasteiger partial charge in [-0.05, 0) is 6.92 Å². The molecule has 0 saturated heterocycles. The molecular formula is C10H10F3NO4. The number of carboxylic acid groups (broad SMARTS) is 1. The van der Waals surface area contributed by atoms with Crippen LogP contribution in [0.5, 0.6) is 11.5 Å². The maximum absolute atomic E-state index is 12.2. The molecule has 5 nitrogen and oxygen atoms in total. The zero-order valence-electron chi connectivity index (χ0n) is 9.54. The molecule has 1 heterocycles.